The van der Waals surface area contributed by atoms with Gasteiger partial charge in [-0.3, -0.25) is 9.59 Å². The highest BCUT2D eigenvalue weighted by Crippen LogP contribution is 2.43. The van der Waals surface area contributed by atoms with Gasteiger partial charge in [0.25, 0.3) is 0 Å². The van der Waals surface area contributed by atoms with Gasteiger partial charge in [-0.25, -0.2) is 0 Å². The van der Waals surface area contributed by atoms with E-state index in [2.05, 4.69) is 53.7 Å². The number of hydrogen-bond acceptors (Lipinski definition) is 4. The standard InChI is InChI=1S/C26H44O4/c1-17(2)29-23(27)21-14-13-20(16-22(21)24(28)30-18(3)4)26(9,10)15-11-12-19(5)25(6,7)8/h12-13,17-18,21-22H,11,14-16H2,1-10H3. The van der Waals surface area contributed by atoms with Crippen LogP contribution in [0.2, 0.25) is 0 Å². The molecular weight excluding hydrogens is 376 g/mol. The summed E-state index contributed by atoms with van der Waals surface area (Å²) in [5, 5.41) is 0. The van der Waals surface area contributed by atoms with Gasteiger partial charge >= 0.3 is 11.9 Å². The predicted octanol–water partition coefficient (Wildman–Crippen LogP) is 6.64. The Morgan fingerprint density at radius 1 is 1.00 bits per heavy atom. The summed E-state index contributed by atoms with van der Waals surface area (Å²) in [6.45, 7) is 20.7. The van der Waals surface area contributed by atoms with E-state index in [0.29, 0.717) is 12.8 Å². The minimum absolute atomic E-state index is 0.0437. The zero-order valence-corrected chi connectivity index (χ0v) is 20.9. The minimum atomic E-state index is -0.482. The van der Waals surface area contributed by atoms with Gasteiger partial charge in [0, 0.05) is 0 Å². The van der Waals surface area contributed by atoms with E-state index in [-0.39, 0.29) is 35.0 Å². The van der Waals surface area contributed by atoms with Crippen molar-refractivity contribution in [1.29, 1.82) is 0 Å². The van der Waals surface area contributed by atoms with Gasteiger partial charge in [-0.1, -0.05) is 57.9 Å². The van der Waals surface area contributed by atoms with E-state index in [9.17, 15) is 9.59 Å². The monoisotopic (exact) mass is 420 g/mol. The van der Waals surface area contributed by atoms with E-state index in [1.165, 1.54) is 11.1 Å². The molecule has 0 fully saturated rings. The quantitative estimate of drug-likeness (QED) is 0.326. The minimum Gasteiger partial charge on any atom is -0.463 e. The van der Waals surface area contributed by atoms with Crippen molar-refractivity contribution in [2.75, 3.05) is 0 Å². The molecule has 0 aromatic carbocycles. The molecule has 0 spiro atoms. The Kier molecular flexibility index (Phi) is 9.38. The summed E-state index contributed by atoms with van der Waals surface area (Å²) in [5.74, 6) is -1.54. The van der Waals surface area contributed by atoms with Crippen LogP contribution in [-0.4, -0.2) is 24.1 Å². The molecule has 4 nitrogen and oxygen atoms in total. The number of carbonyl (C=O) groups excluding carboxylic acids is 2. The van der Waals surface area contributed by atoms with Crippen LogP contribution in [0.3, 0.4) is 0 Å². The first-order chi connectivity index (χ1) is 13.6. The maximum Gasteiger partial charge on any atom is 0.310 e. The largest absolute Gasteiger partial charge is 0.463 e. The Labute approximate surface area is 184 Å². The zero-order chi connectivity index (χ0) is 23.3. The topological polar surface area (TPSA) is 52.6 Å². The van der Waals surface area contributed by atoms with Gasteiger partial charge in [0.2, 0.25) is 0 Å². The summed E-state index contributed by atoms with van der Waals surface area (Å²) in [6.07, 6.45) is 7.17. The van der Waals surface area contributed by atoms with E-state index in [1.807, 2.05) is 27.7 Å². The molecule has 0 amide bonds. The van der Waals surface area contributed by atoms with E-state index in [4.69, 9.17) is 9.47 Å². The van der Waals surface area contributed by atoms with E-state index >= 15 is 0 Å². The molecule has 2 atom stereocenters. The maximum atomic E-state index is 12.8. The lowest BCUT2D eigenvalue weighted by Crippen LogP contribution is -2.38. The number of allylic oxidation sites excluding steroid dienone is 4. The van der Waals surface area contributed by atoms with Crippen LogP contribution in [0.4, 0.5) is 0 Å². The number of carbonyl (C=O) groups is 2. The highest BCUT2D eigenvalue weighted by molar-refractivity contribution is 5.83. The molecule has 0 aromatic heterocycles. The zero-order valence-electron chi connectivity index (χ0n) is 20.9. The van der Waals surface area contributed by atoms with Crippen LogP contribution in [0.5, 0.6) is 0 Å². The second-order valence-electron chi connectivity index (χ2n) is 10.9. The lowest BCUT2D eigenvalue weighted by Gasteiger charge is -2.36. The van der Waals surface area contributed by atoms with Crippen molar-refractivity contribution < 1.29 is 19.1 Å². The van der Waals surface area contributed by atoms with Crippen molar-refractivity contribution in [3.63, 3.8) is 0 Å². The predicted molar refractivity (Wildman–Crippen MR) is 123 cm³/mol. The Balaban J connectivity index is 3.01. The molecule has 0 aromatic rings. The van der Waals surface area contributed by atoms with Gasteiger partial charge < -0.3 is 9.47 Å². The van der Waals surface area contributed by atoms with Crippen LogP contribution in [-0.2, 0) is 19.1 Å². The fraction of sp³-hybridized carbons (Fsp3) is 0.769. The van der Waals surface area contributed by atoms with Gasteiger partial charge in [0.1, 0.15) is 0 Å². The third-order valence-electron chi connectivity index (χ3n) is 6.13. The molecule has 0 saturated carbocycles. The summed E-state index contributed by atoms with van der Waals surface area (Å²) in [4.78, 5) is 25.5. The molecule has 0 radical (unpaired) electrons. The van der Waals surface area contributed by atoms with Gasteiger partial charge in [0.15, 0.2) is 0 Å². The molecule has 30 heavy (non-hydrogen) atoms. The van der Waals surface area contributed by atoms with Gasteiger partial charge in [0.05, 0.1) is 24.0 Å². The van der Waals surface area contributed by atoms with E-state index in [1.54, 1.807) is 0 Å². The molecule has 0 N–H and O–H groups in total. The van der Waals surface area contributed by atoms with Crippen LogP contribution < -0.4 is 0 Å². The second-order valence-corrected chi connectivity index (χ2v) is 10.9. The van der Waals surface area contributed by atoms with Crippen molar-refractivity contribution >= 4 is 11.9 Å². The van der Waals surface area contributed by atoms with E-state index < -0.39 is 11.8 Å². The van der Waals surface area contributed by atoms with Crippen LogP contribution in [0.25, 0.3) is 0 Å². The second kappa shape index (κ2) is 10.6. The molecular formula is C26H44O4. The first-order valence-corrected chi connectivity index (χ1v) is 11.4. The highest BCUT2D eigenvalue weighted by atomic mass is 16.6. The number of rotatable bonds is 8. The summed E-state index contributed by atoms with van der Waals surface area (Å²) < 4.78 is 10.9. The van der Waals surface area contributed by atoms with Crippen molar-refractivity contribution in [2.45, 2.75) is 107 Å². The third-order valence-corrected chi connectivity index (χ3v) is 6.13. The lowest BCUT2D eigenvalue weighted by atomic mass is 9.69. The average molecular weight is 421 g/mol. The molecule has 4 heteroatoms. The molecule has 0 heterocycles. The van der Waals surface area contributed by atoms with Gasteiger partial charge in [-0.05, 0) is 71.1 Å². The van der Waals surface area contributed by atoms with Crippen molar-refractivity contribution in [3.05, 3.63) is 23.3 Å². The lowest BCUT2D eigenvalue weighted by molar-refractivity contribution is -0.165. The Hall–Kier alpha value is -1.58. The molecule has 172 valence electrons. The molecule has 0 saturated heterocycles. The summed E-state index contributed by atoms with van der Waals surface area (Å²) in [5.41, 5.74) is 2.77. The first-order valence-electron chi connectivity index (χ1n) is 11.4. The van der Waals surface area contributed by atoms with Crippen LogP contribution in [0, 0.1) is 22.7 Å². The number of esters is 2. The molecule has 0 aliphatic heterocycles. The third kappa shape index (κ3) is 7.92. The van der Waals surface area contributed by atoms with Crippen molar-refractivity contribution in [1.82, 2.24) is 0 Å². The summed E-state index contributed by atoms with van der Waals surface area (Å²) in [7, 11) is 0. The maximum absolute atomic E-state index is 12.8. The fourth-order valence-electron chi connectivity index (χ4n) is 3.71. The van der Waals surface area contributed by atoms with Gasteiger partial charge in [-0.2, -0.15) is 0 Å². The first kappa shape index (κ1) is 26.5. The van der Waals surface area contributed by atoms with E-state index in [0.717, 1.165) is 12.8 Å². The van der Waals surface area contributed by atoms with Crippen molar-refractivity contribution in [3.8, 4) is 0 Å². The Morgan fingerprint density at radius 2 is 1.50 bits per heavy atom. The Bertz CT molecular complexity index is 659. The van der Waals surface area contributed by atoms with Crippen LogP contribution in [0.1, 0.15) is 94.9 Å². The molecule has 0 bridgehead atoms. The van der Waals surface area contributed by atoms with Gasteiger partial charge in [-0.15, -0.1) is 0 Å². The summed E-state index contributed by atoms with van der Waals surface area (Å²) in [6, 6.07) is 0. The Morgan fingerprint density at radius 3 is 1.97 bits per heavy atom. The highest BCUT2D eigenvalue weighted by Gasteiger charge is 2.41. The normalized spacial score (nSPS) is 20.9. The molecule has 2 unspecified atom stereocenters. The molecule has 1 rings (SSSR count). The summed E-state index contributed by atoms with van der Waals surface area (Å²) >= 11 is 0. The fourth-order valence-corrected chi connectivity index (χ4v) is 3.71. The number of hydrogen-bond donors (Lipinski definition) is 0. The van der Waals surface area contributed by atoms with Crippen LogP contribution >= 0.6 is 0 Å². The van der Waals surface area contributed by atoms with Crippen LogP contribution in [0.15, 0.2) is 23.3 Å². The van der Waals surface area contributed by atoms with Crippen molar-refractivity contribution in [2.24, 2.45) is 22.7 Å². The SMILES string of the molecule is CC(=CCCC(C)(C)C1=CCC(C(=O)OC(C)C)C(C(=O)OC(C)C)C1)C(C)(C)C. The number of ether oxygens (including phenoxy) is 2. The molecule has 1 aliphatic rings. The average Bonchev–Trinajstić information content (AvgIpc) is 2.58. The molecule has 1 aliphatic carbocycles. The smallest absolute Gasteiger partial charge is 0.310 e.